The van der Waals surface area contributed by atoms with E-state index in [0.29, 0.717) is 18.8 Å². The number of carbonyl (C=O) groups excluding carboxylic acids is 2. The number of fused-ring (bicyclic) bond motifs is 1. The molecule has 21 heavy (non-hydrogen) atoms. The van der Waals surface area contributed by atoms with Crippen molar-refractivity contribution in [2.75, 3.05) is 7.05 Å². The summed E-state index contributed by atoms with van der Waals surface area (Å²) < 4.78 is 1.84. The number of nitrogens with zero attached hydrogens (tertiary/aromatic N) is 2. The summed E-state index contributed by atoms with van der Waals surface area (Å²) in [4.78, 5) is 26.4. The van der Waals surface area contributed by atoms with Gasteiger partial charge in [-0.1, -0.05) is 30.3 Å². The molecule has 0 saturated carbocycles. The van der Waals surface area contributed by atoms with Crippen LogP contribution in [0.1, 0.15) is 16.1 Å². The van der Waals surface area contributed by atoms with Crippen LogP contribution in [0, 0.1) is 0 Å². The second-order valence-electron chi connectivity index (χ2n) is 5.09. The van der Waals surface area contributed by atoms with Gasteiger partial charge in [0.15, 0.2) is 0 Å². The Morgan fingerprint density at radius 3 is 2.71 bits per heavy atom. The average Bonchev–Trinajstić information content (AvgIpc) is 2.99. The minimum atomic E-state index is -0.484. The van der Waals surface area contributed by atoms with Crippen molar-refractivity contribution < 1.29 is 9.59 Å². The Kier molecular flexibility index (Phi) is 3.48. The number of likely N-dealkylation sites (N-methyl/N-ethyl adjacent to an activating group) is 1. The lowest BCUT2D eigenvalue weighted by Crippen LogP contribution is -2.54. The maximum absolute atomic E-state index is 12.6. The van der Waals surface area contributed by atoms with Crippen molar-refractivity contribution in [2.24, 2.45) is 0 Å². The fraction of sp³-hybridized carbons (Fsp3) is 0.250. The highest BCUT2D eigenvalue weighted by Crippen LogP contribution is 2.21. The van der Waals surface area contributed by atoms with Gasteiger partial charge in [0.1, 0.15) is 11.7 Å². The van der Waals surface area contributed by atoms with Gasteiger partial charge >= 0.3 is 0 Å². The van der Waals surface area contributed by atoms with Gasteiger partial charge in [-0.25, -0.2) is 0 Å². The maximum Gasteiger partial charge on any atom is 0.271 e. The van der Waals surface area contributed by atoms with E-state index in [0.717, 1.165) is 5.56 Å². The van der Waals surface area contributed by atoms with Gasteiger partial charge < -0.3 is 14.8 Å². The molecule has 5 heteroatoms. The van der Waals surface area contributed by atoms with Crippen LogP contribution in [0.25, 0.3) is 0 Å². The standard InChI is InChI=1S/C16H17N3O2/c1-17-15(20)14-11-18-9-5-8-13(18)16(21)19(14)10-12-6-3-2-4-7-12/h2-9,14H,10-11H2,1H3,(H,17,20). The van der Waals surface area contributed by atoms with E-state index in [1.165, 1.54) is 0 Å². The van der Waals surface area contributed by atoms with Crippen LogP contribution in [0.4, 0.5) is 0 Å². The fourth-order valence-corrected chi connectivity index (χ4v) is 2.69. The highest BCUT2D eigenvalue weighted by molar-refractivity contribution is 5.97. The SMILES string of the molecule is CNC(=O)C1Cn2cccc2C(=O)N1Cc1ccccc1. The number of nitrogens with one attached hydrogen (secondary N) is 1. The minimum absolute atomic E-state index is 0.108. The van der Waals surface area contributed by atoms with E-state index in [4.69, 9.17) is 0 Å². The van der Waals surface area contributed by atoms with Crippen molar-refractivity contribution in [3.63, 3.8) is 0 Å². The zero-order chi connectivity index (χ0) is 14.8. The van der Waals surface area contributed by atoms with Crippen LogP contribution in [0.5, 0.6) is 0 Å². The predicted octanol–water partition coefficient (Wildman–Crippen LogP) is 1.26. The van der Waals surface area contributed by atoms with Crippen LogP contribution < -0.4 is 5.32 Å². The topological polar surface area (TPSA) is 54.3 Å². The molecule has 3 rings (SSSR count). The number of aromatic nitrogens is 1. The van der Waals surface area contributed by atoms with Crippen molar-refractivity contribution in [3.8, 4) is 0 Å². The largest absolute Gasteiger partial charge is 0.357 e. The molecule has 1 aliphatic heterocycles. The Balaban J connectivity index is 1.94. The van der Waals surface area contributed by atoms with E-state index >= 15 is 0 Å². The lowest BCUT2D eigenvalue weighted by Gasteiger charge is -2.35. The fourth-order valence-electron chi connectivity index (χ4n) is 2.69. The smallest absolute Gasteiger partial charge is 0.271 e. The molecule has 2 amide bonds. The van der Waals surface area contributed by atoms with Crippen molar-refractivity contribution in [1.82, 2.24) is 14.8 Å². The number of carbonyl (C=O) groups is 2. The molecule has 0 bridgehead atoms. The van der Waals surface area contributed by atoms with Crippen LogP contribution in [0.2, 0.25) is 0 Å². The molecule has 5 nitrogen and oxygen atoms in total. The maximum atomic E-state index is 12.6. The van der Waals surface area contributed by atoms with Crippen LogP contribution in [-0.4, -0.2) is 34.4 Å². The summed E-state index contributed by atoms with van der Waals surface area (Å²) in [6, 6.07) is 12.9. The quantitative estimate of drug-likeness (QED) is 0.922. The lowest BCUT2D eigenvalue weighted by atomic mass is 10.1. The first kappa shape index (κ1) is 13.4. The third-order valence-electron chi connectivity index (χ3n) is 3.80. The van der Waals surface area contributed by atoms with Gasteiger partial charge in [-0.05, 0) is 17.7 Å². The van der Waals surface area contributed by atoms with Gasteiger partial charge in [0, 0.05) is 19.8 Å². The molecule has 2 aromatic rings. The van der Waals surface area contributed by atoms with Crippen molar-refractivity contribution in [3.05, 3.63) is 59.9 Å². The third-order valence-corrected chi connectivity index (χ3v) is 3.80. The van der Waals surface area contributed by atoms with Crippen molar-refractivity contribution in [1.29, 1.82) is 0 Å². The van der Waals surface area contributed by atoms with Gasteiger partial charge in [-0.15, -0.1) is 0 Å². The summed E-state index contributed by atoms with van der Waals surface area (Å²) in [5.74, 6) is -0.248. The van der Waals surface area contributed by atoms with E-state index in [1.54, 1.807) is 18.0 Å². The number of benzene rings is 1. The molecule has 1 N–H and O–H groups in total. The molecule has 0 radical (unpaired) electrons. The molecule has 1 aromatic carbocycles. The van der Waals surface area contributed by atoms with Crippen LogP contribution in [-0.2, 0) is 17.9 Å². The summed E-state index contributed by atoms with van der Waals surface area (Å²) in [5, 5.41) is 2.65. The summed E-state index contributed by atoms with van der Waals surface area (Å²) >= 11 is 0. The Hall–Kier alpha value is -2.56. The van der Waals surface area contributed by atoms with E-state index in [1.807, 2.05) is 47.2 Å². The van der Waals surface area contributed by atoms with E-state index in [2.05, 4.69) is 5.32 Å². The molecule has 0 aliphatic carbocycles. The normalized spacial score (nSPS) is 17.5. The highest BCUT2D eigenvalue weighted by atomic mass is 16.2. The van der Waals surface area contributed by atoms with E-state index < -0.39 is 6.04 Å². The van der Waals surface area contributed by atoms with Gasteiger partial charge in [0.25, 0.3) is 5.91 Å². The summed E-state index contributed by atoms with van der Waals surface area (Å²) in [6.45, 7) is 0.920. The Labute approximate surface area is 123 Å². The van der Waals surface area contributed by atoms with E-state index in [-0.39, 0.29) is 11.8 Å². The molecule has 0 fully saturated rings. The van der Waals surface area contributed by atoms with Crippen LogP contribution >= 0.6 is 0 Å². The van der Waals surface area contributed by atoms with Crippen molar-refractivity contribution >= 4 is 11.8 Å². The molecule has 1 aromatic heterocycles. The first-order valence-corrected chi connectivity index (χ1v) is 6.92. The second-order valence-corrected chi connectivity index (χ2v) is 5.09. The number of hydrogen-bond acceptors (Lipinski definition) is 2. The minimum Gasteiger partial charge on any atom is -0.357 e. The number of amides is 2. The first-order chi connectivity index (χ1) is 10.2. The average molecular weight is 283 g/mol. The molecular weight excluding hydrogens is 266 g/mol. The van der Waals surface area contributed by atoms with Crippen molar-refractivity contribution in [2.45, 2.75) is 19.1 Å². The summed E-state index contributed by atoms with van der Waals surface area (Å²) in [7, 11) is 1.60. The third kappa shape index (κ3) is 2.42. The van der Waals surface area contributed by atoms with Crippen LogP contribution in [0.15, 0.2) is 48.7 Å². The van der Waals surface area contributed by atoms with Crippen LogP contribution in [0.3, 0.4) is 0 Å². The molecule has 0 spiro atoms. The Morgan fingerprint density at radius 1 is 1.24 bits per heavy atom. The monoisotopic (exact) mass is 283 g/mol. The number of rotatable bonds is 3. The molecule has 1 atom stereocenters. The highest BCUT2D eigenvalue weighted by Gasteiger charge is 2.35. The van der Waals surface area contributed by atoms with Gasteiger partial charge in [0.2, 0.25) is 5.91 Å². The molecule has 1 unspecified atom stereocenters. The summed E-state index contributed by atoms with van der Waals surface area (Å²) in [5.41, 5.74) is 1.64. The molecule has 1 aliphatic rings. The van der Waals surface area contributed by atoms with Gasteiger partial charge in [0.05, 0.1) is 6.54 Å². The van der Waals surface area contributed by atoms with Gasteiger partial charge in [-0.3, -0.25) is 9.59 Å². The molecular formula is C16H17N3O2. The zero-order valence-electron chi connectivity index (χ0n) is 11.8. The molecule has 2 heterocycles. The summed E-state index contributed by atoms with van der Waals surface area (Å²) in [6.07, 6.45) is 1.84. The van der Waals surface area contributed by atoms with E-state index in [9.17, 15) is 9.59 Å². The number of hydrogen-bond donors (Lipinski definition) is 1. The van der Waals surface area contributed by atoms with Gasteiger partial charge in [-0.2, -0.15) is 0 Å². The molecule has 0 saturated heterocycles. The lowest BCUT2D eigenvalue weighted by molar-refractivity contribution is -0.126. The Morgan fingerprint density at radius 2 is 2.00 bits per heavy atom. The predicted molar refractivity (Wildman–Crippen MR) is 78.6 cm³/mol. The Bertz CT molecular complexity index is 663. The zero-order valence-corrected chi connectivity index (χ0v) is 11.8. The molecule has 108 valence electrons. The first-order valence-electron chi connectivity index (χ1n) is 6.92. The second kappa shape index (κ2) is 5.44.